The van der Waals surface area contributed by atoms with Crippen molar-refractivity contribution in [3.8, 4) is 0 Å². The van der Waals surface area contributed by atoms with Gasteiger partial charge in [-0.05, 0) is 13.3 Å². The molecule has 8 heavy (non-hydrogen) atoms. The van der Waals surface area contributed by atoms with Crippen molar-refractivity contribution in [2.75, 3.05) is 0 Å². The third kappa shape index (κ3) is 1.05. The Kier molecular flexibility index (Phi) is 1.28. The van der Waals surface area contributed by atoms with Gasteiger partial charge < -0.3 is 4.84 Å². The summed E-state index contributed by atoms with van der Waals surface area (Å²) in [5.41, 5.74) is 0.893. The third-order valence-corrected chi connectivity index (χ3v) is 0.994. The molecule has 0 amide bonds. The fourth-order valence-electron chi connectivity index (χ4n) is 0.503. The highest BCUT2D eigenvalue weighted by atomic mass is 16.7. The Morgan fingerprint density at radius 1 is 1.62 bits per heavy atom. The van der Waals surface area contributed by atoms with Gasteiger partial charge in [-0.25, -0.2) is 4.79 Å². The molecule has 0 bridgehead atoms. The second-order valence-electron chi connectivity index (χ2n) is 1.79. The van der Waals surface area contributed by atoms with Crippen LogP contribution in [0.3, 0.4) is 0 Å². The lowest BCUT2D eigenvalue weighted by Crippen LogP contribution is -2.09. The van der Waals surface area contributed by atoms with E-state index in [2.05, 4.69) is 9.99 Å². The maximum atomic E-state index is 10.3. The van der Waals surface area contributed by atoms with E-state index >= 15 is 0 Å². The van der Waals surface area contributed by atoms with Gasteiger partial charge >= 0.3 is 5.97 Å². The van der Waals surface area contributed by atoms with Crippen molar-refractivity contribution in [1.29, 1.82) is 0 Å². The maximum absolute atomic E-state index is 10.3. The van der Waals surface area contributed by atoms with Crippen LogP contribution in [0, 0.1) is 0 Å². The van der Waals surface area contributed by atoms with Gasteiger partial charge in [0.15, 0.2) is 0 Å². The number of hydrogen-bond donors (Lipinski definition) is 0. The normalized spacial score (nSPS) is 19.6. The zero-order chi connectivity index (χ0) is 5.98. The summed E-state index contributed by atoms with van der Waals surface area (Å²) in [4.78, 5) is 14.6. The van der Waals surface area contributed by atoms with Crippen LogP contribution < -0.4 is 0 Å². The van der Waals surface area contributed by atoms with Gasteiger partial charge in [-0.2, -0.15) is 0 Å². The van der Waals surface area contributed by atoms with Crippen molar-refractivity contribution < 1.29 is 9.63 Å². The molecular weight excluding hydrogens is 106 g/mol. The van der Waals surface area contributed by atoms with E-state index in [1.165, 1.54) is 0 Å². The Morgan fingerprint density at radius 3 is 2.75 bits per heavy atom. The summed E-state index contributed by atoms with van der Waals surface area (Å²) in [5, 5.41) is 3.48. The molecule has 3 heteroatoms. The first-order valence-corrected chi connectivity index (χ1v) is 2.52. The van der Waals surface area contributed by atoms with Gasteiger partial charge in [-0.1, -0.05) is 5.16 Å². The SMILES string of the molecule is CC1=NOC(=O)CC1. The van der Waals surface area contributed by atoms with Gasteiger partial charge in [0.05, 0.1) is 12.1 Å². The predicted molar refractivity (Wildman–Crippen MR) is 28.4 cm³/mol. The average molecular weight is 113 g/mol. The van der Waals surface area contributed by atoms with Crippen molar-refractivity contribution in [3.63, 3.8) is 0 Å². The zero-order valence-corrected chi connectivity index (χ0v) is 4.68. The topological polar surface area (TPSA) is 38.7 Å². The number of carbonyl (C=O) groups excluding carboxylic acids is 1. The number of hydrogen-bond acceptors (Lipinski definition) is 3. The van der Waals surface area contributed by atoms with Crippen LogP contribution in [-0.2, 0) is 9.63 Å². The van der Waals surface area contributed by atoms with E-state index < -0.39 is 0 Å². The minimum Gasteiger partial charge on any atom is -0.318 e. The smallest absolute Gasteiger partial charge is 0.318 e. The van der Waals surface area contributed by atoms with E-state index in [9.17, 15) is 4.79 Å². The molecule has 0 N–H and O–H groups in total. The molecule has 0 fully saturated rings. The van der Waals surface area contributed by atoms with E-state index in [0.29, 0.717) is 6.42 Å². The molecule has 0 radical (unpaired) electrons. The molecule has 1 heterocycles. The highest BCUT2D eigenvalue weighted by molar-refractivity contribution is 5.87. The predicted octanol–water partition coefficient (Wildman–Crippen LogP) is 0.699. The van der Waals surface area contributed by atoms with E-state index in [4.69, 9.17) is 0 Å². The number of carbonyl (C=O) groups is 1. The second-order valence-corrected chi connectivity index (χ2v) is 1.79. The van der Waals surface area contributed by atoms with Crippen molar-refractivity contribution in [2.24, 2.45) is 5.16 Å². The molecule has 0 aliphatic carbocycles. The molecule has 0 spiro atoms. The Hall–Kier alpha value is -0.860. The molecule has 0 aromatic heterocycles. The first-order chi connectivity index (χ1) is 3.79. The summed E-state index contributed by atoms with van der Waals surface area (Å²) < 4.78 is 0. The van der Waals surface area contributed by atoms with E-state index in [0.717, 1.165) is 12.1 Å². The Balaban J connectivity index is 2.55. The highest BCUT2D eigenvalue weighted by Gasteiger charge is 2.08. The lowest BCUT2D eigenvalue weighted by molar-refractivity contribution is -0.144. The molecule has 0 aromatic carbocycles. The lowest BCUT2D eigenvalue weighted by atomic mass is 10.2. The molecular formula is C5H7NO2. The van der Waals surface area contributed by atoms with Crippen LogP contribution in [0.1, 0.15) is 19.8 Å². The largest absolute Gasteiger partial charge is 0.335 e. The Morgan fingerprint density at radius 2 is 2.38 bits per heavy atom. The molecule has 0 atom stereocenters. The summed E-state index contributed by atoms with van der Waals surface area (Å²) in [6, 6.07) is 0. The fraction of sp³-hybridized carbons (Fsp3) is 0.600. The second kappa shape index (κ2) is 1.94. The van der Waals surface area contributed by atoms with Gasteiger partial charge in [0, 0.05) is 0 Å². The maximum Gasteiger partial charge on any atom is 0.335 e. The molecule has 0 aromatic rings. The number of nitrogens with zero attached hydrogens (tertiary/aromatic N) is 1. The molecule has 1 aliphatic heterocycles. The van der Waals surface area contributed by atoms with Crippen molar-refractivity contribution in [2.45, 2.75) is 19.8 Å². The molecule has 0 saturated carbocycles. The van der Waals surface area contributed by atoms with Crippen molar-refractivity contribution in [3.05, 3.63) is 0 Å². The summed E-state index contributed by atoms with van der Waals surface area (Å²) in [6.45, 7) is 1.84. The first kappa shape index (κ1) is 5.28. The van der Waals surface area contributed by atoms with E-state index in [-0.39, 0.29) is 5.97 Å². The summed E-state index contributed by atoms with van der Waals surface area (Å²) in [6.07, 6.45) is 1.23. The minimum absolute atomic E-state index is 0.226. The molecule has 1 rings (SSSR count). The first-order valence-electron chi connectivity index (χ1n) is 2.52. The molecule has 1 aliphatic rings. The Bertz CT molecular complexity index is 139. The third-order valence-electron chi connectivity index (χ3n) is 0.994. The summed E-state index contributed by atoms with van der Waals surface area (Å²) in [5.74, 6) is -0.226. The standard InChI is InChI=1S/C5H7NO2/c1-4-2-3-5(7)8-6-4/h2-3H2,1H3. The van der Waals surface area contributed by atoms with Crippen LogP contribution in [0.4, 0.5) is 0 Å². The van der Waals surface area contributed by atoms with Gasteiger partial charge in [0.25, 0.3) is 0 Å². The van der Waals surface area contributed by atoms with Crippen LogP contribution in [0.2, 0.25) is 0 Å². The molecule has 44 valence electrons. The van der Waals surface area contributed by atoms with Crippen LogP contribution >= 0.6 is 0 Å². The number of rotatable bonds is 0. The summed E-state index contributed by atoms with van der Waals surface area (Å²) in [7, 11) is 0. The van der Waals surface area contributed by atoms with Crippen LogP contribution in [-0.4, -0.2) is 11.7 Å². The van der Waals surface area contributed by atoms with E-state index in [1.54, 1.807) is 0 Å². The van der Waals surface area contributed by atoms with E-state index in [1.807, 2.05) is 6.92 Å². The van der Waals surface area contributed by atoms with Crippen molar-refractivity contribution in [1.82, 2.24) is 0 Å². The van der Waals surface area contributed by atoms with Crippen LogP contribution in [0.25, 0.3) is 0 Å². The monoisotopic (exact) mass is 113 g/mol. The molecule has 0 saturated heterocycles. The van der Waals surface area contributed by atoms with Crippen LogP contribution in [0.15, 0.2) is 5.16 Å². The van der Waals surface area contributed by atoms with Crippen molar-refractivity contribution >= 4 is 11.7 Å². The van der Waals surface area contributed by atoms with Gasteiger partial charge in [-0.15, -0.1) is 0 Å². The molecule has 3 nitrogen and oxygen atoms in total. The zero-order valence-electron chi connectivity index (χ0n) is 4.68. The quantitative estimate of drug-likeness (QED) is 0.434. The number of oxime groups is 1. The van der Waals surface area contributed by atoms with Crippen LogP contribution in [0.5, 0.6) is 0 Å². The average Bonchev–Trinajstić information content (AvgIpc) is 1.77. The van der Waals surface area contributed by atoms with Gasteiger partial charge in [-0.3, -0.25) is 0 Å². The van der Waals surface area contributed by atoms with Gasteiger partial charge in [0.2, 0.25) is 0 Å². The molecule has 0 unspecified atom stereocenters. The van der Waals surface area contributed by atoms with Gasteiger partial charge in [0.1, 0.15) is 0 Å². The lowest BCUT2D eigenvalue weighted by Gasteiger charge is -2.03. The Labute approximate surface area is 47.3 Å². The summed E-state index contributed by atoms with van der Waals surface area (Å²) >= 11 is 0. The minimum atomic E-state index is -0.226. The highest BCUT2D eigenvalue weighted by Crippen LogP contribution is 2.02. The fourth-order valence-corrected chi connectivity index (χ4v) is 0.503.